The molecule has 1 aromatic heterocycles. The summed E-state index contributed by atoms with van der Waals surface area (Å²) in [7, 11) is 1.81. The van der Waals surface area contributed by atoms with Crippen LogP contribution in [0.2, 0.25) is 0 Å². The van der Waals surface area contributed by atoms with Gasteiger partial charge in [0.15, 0.2) is 0 Å². The van der Waals surface area contributed by atoms with Crippen molar-refractivity contribution >= 4 is 23.6 Å². The van der Waals surface area contributed by atoms with Gasteiger partial charge < -0.3 is 25.0 Å². The van der Waals surface area contributed by atoms with Crippen molar-refractivity contribution < 1.29 is 19.2 Å². The SMILES string of the molecule is Cn1cccc1C(=O)N1CCN(C(=O)C2CCCCC2)[C@@H](C(=O)N[C@H]2CCCNC2=O)C1. The minimum atomic E-state index is -0.794. The molecule has 0 bridgehead atoms. The molecule has 32 heavy (non-hydrogen) atoms. The van der Waals surface area contributed by atoms with Gasteiger partial charge in [-0.25, -0.2) is 0 Å². The molecule has 9 heteroatoms. The summed E-state index contributed by atoms with van der Waals surface area (Å²) in [5.74, 6) is -0.769. The van der Waals surface area contributed by atoms with Crippen molar-refractivity contribution in [3.8, 4) is 0 Å². The van der Waals surface area contributed by atoms with E-state index in [0.29, 0.717) is 31.7 Å². The fraction of sp³-hybridized carbons (Fsp3) is 0.652. The Morgan fingerprint density at radius 3 is 2.53 bits per heavy atom. The molecule has 0 unspecified atom stereocenters. The summed E-state index contributed by atoms with van der Waals surface area (Å²) in [5.41, 5.74) is 0.544. The highest BCUT2D eigenvalue weighted by Crippen LogP contribution is 2.27. The number of nitrogens with one attached hydrogen (secondary N) is 2. The van der Waals surface area contributed by atoms with Gasteiger partial charge in [-0.3, -0.25) is 19.2 Å². The number of piperidine rings is 1. The van der Waals surface area contributed by atoms with Crippen LogP contribution in [0.5, 0.6) is 0 Å². The van der Waals surface area contributed by atoms with Gasteiger partial charge in [-0.05, 0) is 37.8 Å². The lowest BCUT2D eigenvalue weighted by molar-refractivity contribution is -0.148. The number of hydrogen-bond acceptors (Lipinski definition) is 4. The Hall–Kier alpha value is -2.84. The van der Waals surface area contributed by atoms with E-state index in [-0.39, 0.29) is 36.1 Å². The largest absolute Gasteiger partial charge is 0.354 e. The van der Waals surface area contributed by atoms with Crippen LogP contribution in [-0.4, -0.2) is 76.3 Å². The number of nitrogens with zero attached hydrogens (tertiary/aromatic N) is 3. The maximum atomic E-state index is 13.3. The number of aryl methyl sites for hydroxylation is 1. The zero-order valence-electron chi connectivity index (χ0n) is 18.7. The lowest BCUT2D eigenvalue weighted by atomic mass is 9.87. The minimum absolute atomic E-state index is 0.00362. The van der Waals surface area contributed by atoms with Crippen LogP contribution in [0, 0.1) is 5.92 Å². The molecule has 2 atom stereocenters. The molecule has 1 saturated carbocycles. The second kappa shape index (κ2) is 9.75. The molecule has 0 spiro atoms. The zero-order valence-corrected chi connectivity index (χ0v) is 18.7. The summed E-state index contributed by atoms with van der Waals surface area (Å²) < 4.78 is 1.75. The summed E-state index contributed by atoms with van der Waals surface area (Å²) in [6.45, 7) is 1.44. The Bertz CT molecular complexity index is 875. The van der Waals surface area contributed by atoms with E-state index in [4.69, 9.17) is 0 Å². The molecule has 0 radical (unpaired) electrons. The Labute approximate surface area is 188 Å². The number of carbonyl (C=O) groups is 4. The number of piperazine rings is 1. The number of carbonyl (C=O) groups excluding carboxylic acids is 4. The number of rotatable bonds is 4. The molecule has 3 aliphatic rings. The third-order valence-corrected chi connectivity index (χ3v) is 6.97. The predicted octanol–water partition coefficient (Wildman–Crippen LogP) is 0.653. The fourth-order valence-corrected chi connectivity index (χ4v) is 5.06. The topological polar surface area (TPSA) is 104 Å². The van der Waals surface area contributed by atoms with Crippen molar-refractivity contribution in [2.45, 2.75) is 57.0 Å². The van der Waals surface area contributed by atoms with Gasteiger partial charge >= 0.3 is 0 Å². The summed E-state index contributed by atoms with van der Waals surface area (Å²) in [6, 6.07) is 2.17. The maximum absolute atomic E-state index is 13.3. The van der Waals surface area contributed by atoms with Crippen molar-refractivity contribution in [1.29, 1.82) is 0 Å². The average molecular weight is 444 g/mol. The van der Waals surface area contributed by atoms with E-state index >= 15 is 0 Å². The summed E-state index contributed by atoms with van der Waals surface area (Å²) in [5, 5.41) is 5.62. The first kappa shape index (κ1) is 22.4. The fourth-order valence-electron chi connectivity index (χ4n) is 5.06. The normalized spacial score (nSPS) is 24.7. The van der Waals surface area contributed by atoms with Gasteiger partial charge in [0.2, 0.25) is 17.7 Å². The van der Waals surface area contributed by atoms with E-state index in [1.165, 1.54) is 0 Å². The third kappa shape index (κ3) is 4.66. The van der Waals surface area contributed by atoms with Crippen molar-refractivity contribution in [1.82, 2.24) is 25.0 Å². The van der Waals surface area contributed by atoms with Gasteiger partial charge in [0.25, 0.3) is 5.91 Å². The smallest absolute Gasteiger partial charge is 0.270 e. The number of aromatic nitrogens is 1. The van der Waals surface area contributed by atoms with E-state index in [1.807, 2.05) is 19.3 Å². The van der Waals surface area contributed by atoms with E-state index in [1.54, 1.807) is 20.4 Å². The van der Waals surface area contributed by atoms with Crippen molar-refractivity contribution in [2.75, 3.05) is 26.2 Å². The van der Waals surface area contributed by atoms with Crippen molar-refractivity contribution in [2.24, 2.45) is 13.0 Å². The summed E-state index contributed by atoms with van der Waals surface area (Å²) >= 11 is 0. The third-order valence-electron chi connectivity index (χ3n) is 6.97. The van der Waals surface area contributed by atoms with E-state index < -0.39 is 12.1 Å². The van der Waals surface area contributed by atoms with Crippen molar-refractivity contribution in [3.05, 3.63) is 24.0 Å². The monoisotopic (exact) mass is 443 g/mol. The molecule has 9 nitrogen and oxygen atoms in total. The quantitative estimate of drug-likeness (QED) is 0.713. The Kier molecular flexibility index (Phi) is 6.81. The molecule has 1 aliphatic carbocycles. The second-order valence-electron chi connectivity index (χ2n) is 9.13. The molecule has 4 rings (SSSR count). The molecular weight excluding hydrogens is 410 g/mol. The molecule has 174 valence electrons. The first-order valence-electron chi connectivity index (χ1n) is 11.7. The predicted molar refractivity (Wildman–Crippen MR) is 118 cm³/mol. The molecule has 1 aromatic rings. The van der Waals surface area contributed by atoms with Gasteiger partial charge in [0, 0.05) is 38.8 Å². The Morgan fingerprint density at radius 1 is 1.06 bits per heavy atom. The van der Waals surface area contributed by atoms with E-state index in [9.17, 15) is 19.2 Å². The van der Waals surface area contributed by atoms with Gasteiger partial charge in [0.1, 0.15) is 17.8 Å². The highest BCUT2D eigenvalue weighted by Gasteiger charge is 2.41. The molecule has 3 fully saturated rings. The van der Waals surface area contributed by atoms with Gasteiger partial charge in [0.05, 0.1) is 6.54 Å². The summed E-state index contributed by atoms with van der Waals surface area (Å²) in [6.07, 6.45) is 8.08. The highest BCUT2D eigenvalue weighted by molar-refractivity contribution is 5.96. The first-order chi connectivity index (χ1) is 15.5. The molecule has 3 heterocycles. The van der Waals surface area contributed by atoms with E-state index in [2.05, 4.69) is 10.6 Å². The van der Waals surface area contributed by atoms with Crippen LogP contribution < -0.4 is 10.6 Å². The van der Waals surface area contributed by atoms with Crippen LogP contribution in [-0.2, 0) is 21.4 Å². The lowest BCUT2D eigenvalue weighted by Gasteiger charge is -2.42. The maximum Gasteiger partial charge on any atom is 0.270 e. The van der Waals surface area contributed by atoms with Crippen LogP contribution in [0.4, 0.5) is 0 Å². The van der Waals surface area contributed by atoms with Gasteiger partial charge in [-0.1, -0.05) is 19.3 Å². The molecular formula is C23H33N5O4. The van der Waals surface area contributed by atoms with Crippen LogP contribution in [0.1, 0.15) is 55.4 Å². The van der Waals surface area contributed by atoms with E-state index in [0.717, 1.165) is 38.5 Å². The molecule has 4 amide bonds. The average Bonchev–Trinajstić information content (AvgIpc) is 3.25. The highest BCUT2D eigenvalue weighted by atomic mass is 16.2. The number of hydrogen-bond donors (Lipinski definition) is 2. The molecule has 2 N–H and O–H groups in total. The van der Waals surface area contributed by atoms with Crippen LogP contribution in [0.25, 0.3) is 0 Å². The lowest BCUT2D eigenvalue weighted by Crippen LogP contribution is -2.64. The van der Waals surface area contributed by atoms with Crippen LogP contribution in [0.15, 0.2) is 18.3 Å². The van der Waals surface area contributed by atoms with Crippen LogP contribution in [0.3, 0.4) is 0 Å². The Morgan fingerprint density at radius 2 is 1.84 bits per heavy atom. The zero-order chi connectivity index (χ0) is 22.7. The molecule has 2 saturated heterocycles. The summed E-state index contributed by atoms with van der Waals surface area (Å²) in [4.78, 5) is 55.2. The second-order valence-corrected chi connectivity index (χ2v) is 9.13. The van der Waals surface area contributed by atoms with Crippen LogP contribution >= 0.6 is 0 Å². The van der Waals surface area contributed by atoms with Gasteiger partial charge in [-0.2, -0.15) is 0 Å². The Balaban J connectivity index is 1.52. The standard InChI is InChI=1S/C23H33N5O4/c1-26-12-6-10-18(26)23(32)27-13-14-28(22(31)16-7-3-2-4-8-16)19(15-27)21(30)25-17-9-5-11-24-20(17)29/h6,10,12,16-17,19H,2-5,7-9,11,13-15H2,1H3,(H,24,29)(H,25,30)/t17-,19+/m0/s1. The molecule has 2 aliphatic heterocycles. The molecule has 0 aromatic carbocycles. The first-order valence-corrected chi connectivity index (χ1v) is 11.7. The number of amides is 4. The minimum Gasteiger partial charge on any atom is -0.354 e. The van der Waals surface area contributed by atoms with Gasteiger partial charge in [-0.15, -0.1) is 0 Å². The van der Waals surface area contributed by atoms with Crippen molar-refractivity contribution in [3.63, 3.8) is 0 Å².